The molecule has 0 unspecified atom stereocenters. The minimum atomic E-state index is 0.853. The Morgan fingerprint density at radius 3 is 2.86 bits per heavy atom. The summed E-state index contributed by atoms with van der Waals surface area (Å²) in [4.78, 5) is 0. The van der Waals surface area contributed by atoms with Gasteiger partial charge in [-0.2, -0.15) is 0 Å². The van der Waals surface area contributed by atoms with Gasteiger partial charge in [-0.3, -0.25) is 0 Å². The van der Waals surface area contributed by atoms with Crippen LogP contribution < -0.4 is 0 Å². The van der Waals surface area contributed by atoms with Gasteiger partial charge in [-0.15, -0.1) is 0 Å². The molecule has 0 amide bonds. The van der Waals surface area contributed by atoms with Gasteiger partial charge in [0, 0.05) is 13.0 Å². The summed E-state index contributed by atoms with van der Waals surface area (Å²) in [6, 6.07) is 0. The molecule has 0 N–H and O–H groups in total. The fourth-order valence-electron chi connectivity index (χ4n) is 0.562. The van der Waals surface area contributed by atoms with Crippen molar-refractivity contribution in [1.82, 2.24) is 0 Å². The van der Waals surface area contributed by atoms with Crippen LogP contribution in [0.2, 0.25) is 0 Å². The zero-order valence-corrected chi connectivity index (χ0v) is 4.26. The topological polar surface area (TPSA) is 12.2 Å². The van der Waals surface area contributed by atoms with Crippen molar-refractivity contribution in [2.75, 3.05) is 13.2 Å². The molecule has 1 rings (SSSR count). The van der Waals surface area contributed by atoms with Gasteiger partial charge in [-0.05, 0) is 6.72 Å². The second-order valence-electron chi connectivity index (χ2n) is 1.64. The first-order chi connectivity index (χ1) is 3.39. The molecule has 0 aromatic rings. The van der Waals surface area contributed by atoms with E-state index >= 15 is 0 Å². The van der Waals surface area contributed by atoms with E-state index in [1.807, 2.05) is 0 Å². The molecule has 0 radical (unpaired) electrons. The van der Waals surface area contributed by atoms with E-state index in [1.54, 1.807) is 11.3 Å². The van der Waals surface area contributed by atoms with Crippen molar-refractivity contribution in [1.29, 1.82) is 0 Å². The average Bonchev–Trinajstić information content (AvgIpc) is 1.69. The second-order valence-corrected chi connectivity index (χ2v) is 1.64. The molecule has 0 aromatic heterocycles. The molecule has 1 aliphatic rings. The van der Waals surface area contributed by atoms with Crippen molar-refractivity contribution in [2.24, 2.45) is 0 Å². The molecule has 0 bridgehead atoms. The summed E-state index contributed by atoms with van der Waals surface area (Å²) in [6.45, 7) is 7.19. The highest BCUT2D eigenvalue weighted by Gasteiger charge is 1.99. The van der Waals surface area contributed by atoms with Crippen LogP contribution in [0.3, 0.4) is 0 Å². The normalized spacial score (nSPS) is 21.4. The molecular formula is C5H9NO. The van der Waals surface area contributed by atoms with Crippen LogP contribution in [0, 0.1) is 6.73 Å². The molecule has 0 aliphatic carbocycles. The Labute approximate surface area is 43.4 Å². The standard InChI is InChI=1S/C5H9NO/c1-6-3-2-4-7-5-6/h5H,1-4H2. The summed E-state index contributed by atoms with van der Waals surface area (Å²) in [7, 11) is 0. The fourth-order valence-corrected chi connectivity index (χ4v) is 0.562. The number of rotatable bonds is 0. The first-order valence-electron chi connectivity index (χ1n) is 2.42. The summed E-state index contributed by atoms with van der Waals surface area (Å²) in [5, 5.41) is 0. The molecule has 0 spiro atoms. The Hall–Kier alpha value is -0.500. The lowest BCUT2D eigenvalue weighted by molar-refractivity contribution is -0.529. The molecule has 2 nitrogen and oxygen atoms in total. The lowest BCUT2D eigenvalue weighted by atomic mass is 10.4. The van der Waals surface area contributed by atoms with Crippen LogP contribution in [0.5, 0.6) is 0 Å². The van der Waals surface area contributed by atoms with E-state index in [0.717, 1.165) is 19.6 Å². The molecule has 1 heterocycles. The van der Waals surface area contributed by atoms with E-state index in [0.29, 0.717) is 0 Å². The van der Waals surface area contributed by atoms with E-state index in [2.05, 4.69) is 6.72 Å². The highest BCUT2D eigenvalue weighted by Crippen LogP contribution is 1.95. The first-order valence-corrected chi connectivity index (χ1v) is 2.42. The molecule has 7 heavy (non-hydrogen) atoms. The van der Waals surface area contributed by atoms with E-state index in [4.69, 9.17) is 4.74 Å². The highest BCUT2D eigenvalue weighted by atomic mass is 16.5. The van der Waals surface area contributed by atoms with Gasteiger partial charge in [0.25, 0.3) is 0 Å². The Morgan fingerprint density at radius 1 is 1.71 bits per heavy atom. The molecule has 0 saturated carbocycles. The number of ether oxygens (including phenoxy) is 1. The number of hydrogen-bond donors (Lipinski definition) is 0. The van der Waals surface area contributed by atoms with Crippen molar-refractivity contribution < 1.29 is 9.31 Å². The highest BCUT2D eigenvalue weighted by molar-refractivity contribution is 5.14. The maximum atomic E-state index is 4.92. The predicted octanol–water partition coefficient (Wildman–Crippen LogP) is 0.239. The zero-order chi connectivity index (χ0) is 5.11. The van der Waals surface area contributed by atoms with Crippen LogP contribution in [0.25, 0.3) is 0 Å². The molecule has 1 fully saturated rings. The van der Waals surface area contributed by atoms with Gasteiger partial charge in [-0.25, -0.2) is 0 Å². The third-order valence-corrected chi connectivity index (χ3v) is 0.931. The fraction of sp³-hybridized carbons (Fsp3) is 0.600. The molecule has 40 valence electrons. The van der Waals surface area contributed by atoms with Crippen LogP contribution in [0.4, 0.5) is 0 Å². The van der Waals surface area contributed by atoms with E-state index < -0.39 is 0 Å². The smallest absolute Gasteiger partial charge is 0.133 e. The largest absolute Gasteiger partial charge is 0.387 e. The van der Waals surface area contributed by atoms with E-state index in [-0.39, 0.29) is 0 Å². The molecule has 1 aliphatic heterocycles. The van der Waals surface area contributed by atoms with Crippen LogP contribution in [-0.4, -0.2) is 24.4 Å². The Kier molecular flexibility index (Phi) is 1.32. The minimum Gasteiger partial charge on any atom is -0.387 e. The van der Waals surface area contributed by atoms with Crippen molar-refractivity contribution in [3.05, 3.63) is 6.73 Å². The van der Waals surface area contributed by atoms with Gasteiger partial charge in [0.05, 0.1) is 0 Å². The summed E-state index contributed by atoms with van der Waals surface area (Å²) in [6.07, 6.45) is 1.10. The predicted molar refractivity (Wildman–Crippen MR) is 27.1 cm³/mol. The molecular weight excluding hydrogens is 90.1 g/mol. The van der Waals surface area contributed by atoms with Crippen molar-refractivity contribution >= 4 is 6.72 Å². The maximum Gasteiger partial charge on any atom is 0.133 e. The van der Waals surface area contributed by atoms with Crippen LogP contribution >= 0.6 is 0 Å². The van der Waals surface area contributed by atoms with Crippen molar-refractivity contribution in [3.63, 3.8) is 0 Å². The summed E-state index contributed by atoms with van der Waals surface area (Å²) >= 11 is 0. The third-order valence-electron chi connectivity index (χ3n) is 0.931. The van der Waals surface area contributed by atoms with Crippen LogP contribution in [0.15, 0.2) is 0 Å². The van der Waals surface area contributed by atoms with Gasteiger partial charge in [0.2, 0.25) is 0 Å². The molecule has 2 heteroatoms. The Balaban J connectivity index is 2.25. The number of nitrogens with zero attached hydrogens (tertiary/aromatic N) is 1. The van der Waals surface area contributed by atoms with E-state index in [9.17, 15) is 0 Å². The molecule has 0 aromatic carbocycles. The maximum absolute atomic E-state index is 4.92. The van der Waals surface area contributed by atoms with Crippen molar-refractivity contribution in [2.45, 2.75) is 6.42 Å². The van der Waals surface area contributed by atoms with Gasteiger partial charge >= 0.3 is 0 Å². The monoisotopic (exact) mass is 99.1 g/mol. The van der Waals surface area contributed by atoms with Gasteiger partial charge < -0.3 is 9.31 Å². The van der Waals surface area contributed by atoms with Crippen molar-refractivity contribution in [3.8, 4) is 0 Å². The quantitative estimate of drug-likeness (QED) is 0.313. The third kappa shape index (κ3) is 1.20. The van der Waals surface area contributed by atoms with Crippen LogP contribution in [0.1, 0.15) is 6.42 Å². The zero-order valence-electron chi connectivity index (χ0n) is 4.26. The summed E-state index contributed by atoms with van der Waals surface area (Å²) < 4.78 is 6.72. The number of hydrogen-bond acceptors (Lipinski definition) is 1. The van der Waals surface area contributed by atoms with Gasteiger partial charge in [-0.1, -0.05) is 0 Å². The molecule has 1 saturated heterocycles. The lowest BCUT2D eigenvalue weighted by Crippen LogP contribution is -2.17. The Bertz CT molecular complexity index is 72.1. The lowest BCUT2D eigenvalue weighted by Gasteiger charge is -2.14. The SMILES string of the molecule is C=[N+]1[CH-]OCCC1. The van der Waals surface area contributed by atoms with Gasteiger partial charge in [0.15, 0.2) is 0 Å². The summed E-state index contributed by atoms with van der Waals surface area (Å²) in [5.41, 5.74) is 0. The van der Waals surface area contributed by atoms with Crippen LogP contribution in [-0.2, 0) is 4.74 Å². The first kappa shape index (κ1) is 4.65. The second kappa shape index (κ2) is 1.98. The molecule has 0 atom stereocenters. The average molecular weight is 99.1 g/mol. The Morgan fingerprint density at radius 2 is 2.57 bits per heavy atom. The minimum absolute atomic E-state index is 0.853. The summed E-state index contributed by atoms with van der Waals surface area (Å²) in [5.74, 6) is 0. The van der Waals surface area contributed by atoms with Gasteiger partial charge in [0.1, 0.15) is 13.3 Å². The van der Waals surface area contributed by atoms with E-state index in [1.165, 1.54) is 0 Å².